The minimum Gasteiger partial charge on any atom is -0.336 e. The van der Waals surface area contributed by atoms with Crippen LogP contribution >= 0.6 is 0 Å². The molecular weight excluding hydrogens is 412 g/mol. The molecule has 0 atom stereocenters. The van der Waals surface area contributed by atoms with E-state index in [4.69, 9.17) is 5.26 Å². The first-order chi connectivity index (χ1) is 14.8. The molecule has 1 aliphatic heterocycles. The molecule has 7 nitrogen and oxygen atoms in total. The van der Waals surface area contributed by atoms with Gasteiger partial charge in [-0.1, -0.05) is 11.6 Å². The van der Waals surface area contributed by atoms with Gasteiger partial charge >= 0.3 is 0 Å². The Morgan fingerprint density at radius 1 is 1.00 bits per heavy atom. The Labute approximate surface area is 181 Å². The molecule has 2 heterocycles. The molecule has 0 unspecified atom stereocenters. The van der Waals surface area contributed by atoms with Crippen molar-refractivity contribution in [2.75, 3.05) is 26.2 Å². The van der Waals surface area contributed by atoms with Gasteiger partial charge in [-0.05, 0) is 56.3 Å². The highest BCUT2D eigenvalue weighted by Gasteiger charge is 2.31. The standard InChI is InChI=1S/C23H22N4O3S/c1-16-3-8-22-19(13-16)14-21(17(2)25-22)23(28)26-9-11-27(12-10-26)31(29,30)20-6-4-18(15-24)5-7-20/h3-8,13-14H,9-12H2,1-2H3. The van der Waals surface area contributed by atoms with E-state index in [2.05, 4.69) is 4.98 Å². The number of carbonyl (C=O) groups excluding carboxylic acids is 1. The molecule has 1 saturated heterocycles. The van der Waals surface area contributed by atoms with Crippen molar-refractivity contribution in [3.63, 3.8) is 0 Å². The van der Waals surface area contributed by atoms with Gasteiger partial charge in [0.2, 0.25) is 10.0 Å². The van der Waals surface area contributed by atoms with Gasteiger partial charge in [0.15, 0.2) is 0 Å². The number of carbonyl (C=O) groups is 1. The lowest BCUT2D eigenvalue weighted by Gasteiger charge is -2.34. The Hall–Kier alpha value is -3.28. The van der Waals surface area contributed by atoms with Gasteiger partial charge in [0, 0.05) is 31.6 Å². The van der Waals surface area contributed by atoms with Crippen LogP contribution in [0, 0.1) is 25.2 Å². The van der Waals surface area contributed by atoms with E-state index >= 15 is 0 Å². The number of aromatic nitrogens is 1. The molecule has 4 rings (SSSR count). The Balaban J connectivity index is 1.50. The van der Waals surface area contributed by atoms with Crippen molar-refractivity contribution < 1.29 is 13.2 Å². The fourth-order valence-corrected chi connectivity index (χ4v) is 5.18. The Morgan fingerprint density at radius 3 is 2.32 bits per heavy atom. The summed E-state index contributed by atoms with van der Waals surface area (Å²) < 4.78 is 27.2. The Kier molecular flexibility index (Phi) is 5.48. The summed E-state index contributed by atoms with van der Waals surface area (Å²) in [6, 6.07) is 15.6. The highest BCUT2D eigenvalue weighted by molar-refractivity contribution is 7.89. The number of pyridine rings is 1. The molecule has 0 N–H and O–H groups in total. The number of amides is 1. The molecule has 8 heteroatoms. The molecule has 2 aromatic carbocycles. The summed E-state index contributed by atoms with van der Waals surface area (Å²) in [5.74, 6) is -0.135. The van der Waals surface area contributed by atoms with Gasteiger partial charge in [0.05, 0.1) is 33.3 Å². The lowest BCUT2D eigenvalue weighted by Crippen LogP contribution is -2.50. The number of aryl methyl sites for hydroxylation is 2. The van der Waals surface area contributed by atoms with E-state index in [0.29, 0.717) is 29.9 Å². The number of nitrogens with zero attached hydrogens (tertiary/aromatic N) is 4. The molecule has 1 aromatic heterocycles. The van der Waals surface area contributed by atoms with Gasteiger partial charge in [-0.15, -0.1) is 0 Å². The third-order valence-corrected chi connectivity index (χ3v) is 7.45. The highest BCUT2D eigenvalue weighted by atomic mass is 32.2. The normalized spacial score (nSPS) is 15.1. The zero-order valence-electron chi connectivity index (χ0n) is 17.4. The van der Waals surface area contributed by atoms with Gasteiger partial charge in [-0.3, -0.25) is 9.78 Å². The van der Waals surface area contributed by atoms with E-state index < -0.39 is 10.0 Å². The number of hydrogen-bond acceptors (Lipinski definition) is 5. The van der Waals surface area contributed by atoms with Crippen molar-refractivity contribution >= 4 is 26.8 Å². The number of fused-ring (bicyclic) bond motifs is 1. The highest BCUT2D eigenvalue weighted by Crippen LogP contribution is 2.22. The lowest BCUT2D eigenvalue weighted by molar-refractivity contribution is 0.0697. The van der Waals surface area contributed by atoms with Crippen LogP contribution in [0.4, 0.5) is 0 Å². The maximum atomic E-state index is 13.1. The number of benzene rings is 2. The number of nitriles is 1. The largest absolute Gasteiger partial charge is 0.336 e. The van der Waals surface area contributed by atoms with Gasteiger partial charge in [0.25, 0.3) is 5.91 Å². The van der Waals surface area contributed by atoms with E-state index in [-0.39, 0.29) is 23.9 Å². The second-order valence-corrected chi connectivity index (χ2v) is 9.59. The maximum Gasteiger partial charge on any atom is 0.255 e. The summed E-state index contributed by atoms with van der Waals surface area (Å²) in [4.78, 5) is 19.5. The van der Waals surface area contributed by atoms with Crippen LogP contribution in [0.2, 0.25) is 0 Å². The molecule has 0 spiro atoms. The predicted octanol–water partition coefficient (Wildman–Crippen LogP) is 2.87. The van der Waals surface area contributed by atoms with E-state index in [0.717, 1.165) is 16.5 Å². The lowest BCUT2D eigenvalue weighted by atomic mass is 10.1. The predicted molar refractivity (Wildman–Crippen MR) is 117 cm³/mol. The first-order valence-corrected chi connectivity index (χ1v) is 11.4. The number of hydrogen-bond donors (Lipinski definition) is 0. The average Bonchev–Trinajstić information content (AvgIpc) is 2.78. The van der Waals surface area contributed by atoms with Crippen molar-refractivity contribution in [1.29, 1.82) is 5.26 Å². The Bertz CT molecular complexity index is 1300. The molecule has 1 aliphatic rings. The maximum absolute atomic E-state index is 13.1. The number of sulfonamides is 1. The van der Waals surface area contributed by atoms with E-state index in [1.165, 1.54) is 28.6 Å². The van der Waals surface area contributed by atoms with Crippen LogP contribution in [0.5, 0.6) is 0 Å². The zero-order chi connectivity index (χ0) is 22.2. The van der Waals surface area contributed by atoms with E-state index in [1.54, 1.807) is 4.90 Å². The van der Waals surface area contributed by atoms with E-state index in [9.17, 15) is 13.2 Å². The topological polar surface area (TPSA) is 94.4 Å². The minimum absolute atomic E-state index is 0.135. The molecule has 1 fully saturated rings. The summed E-state index contributed by atoms with van der Waals surface area (Å²) >= 11 is 0. The van der Waals surface area contributed by atoms with Crippen LogP contribution in [0.3, 0.4) is 0 Å². The number of piperazine rings is 1. The minimum atomic E-state index is -3.67. The third-order valence-electron chi connectivity index (χ3n) is 5.54. The van der Waals surface area contributed by atoms with Crippen LogP contribution in [0.15, 0.2) is 53.4 Å². The summed E-state index contributed by atoms with van der Waals surface area (Å²) in [5, 5.41) is 9.81. The second kappa shape index (κ2) is 8.10. The van der Waals surface area contributed by atoms with Gasteiger partial charge in [-0.25, -0.2) is 8.42 Å². The average molecular weight is 435 g/mol. The fourth-order valence-electron chi connectivity index (χ4n) is 3.76. The van der Waals surface area contributed by atoms with Crippen LogP contribution < -0.4 is 0 Å². The summed E-state index contributed by atoms with van der Waals surface area (Å²) in [5.41, 5.74) is 3.55. The molecule has 31 heavy (non-hydrogen) atoms. The molecule has 1 amide bonds. The Morgan fingerprint density at radius 2 is 1.68 bits per heavy atom. The second-order valence-electron chi connectivity index (χ2n) is 7.65. The summed E-state index contributed by atoms with van der Waals surface area (Å²) in [6.07, 6.45) is 0. The monoisotopic (exact) mass is 434 g/mol. The molecule has 0 saturated carbocycles. The van der Waals surface area contributed by atoms with Gasteiger partial charge < -0.3 is 4.90 Å². The zero-order valence-corrected chi connectivity index (χ0v) is 18.2. The molecule has 3 aromatic rings. The quantitative estimate of drug-likeness (QED) is 0.632. The van der Waals surface area contributed by atoms with Crippen molar-refractivity contribution in [2.45, 2.75) is 18.7 Å². The molecule has 0 aliphatic carbocycles. The third kappa shape index (κ3) is 4.02. The fraction of sp³-hybridized carbons (Fsp3) is 0.261. The SMILES string of the molecule is Cc1ccc2nc(C)c(C(=O)N3CCN(S(=O)(=O)c4ccc(C#N)cc4)CC3)cc2c1. The van der Waals surface area contributed by atoms with Crippen molar-refractivity contribution in [1.82, 2.24) is 14.2 Å². The van der Waals surface area contributed by atoms with Crippen LogP contribution in [0.25, 0.3) is 10.9 Å². The smallest absolute Gasteiger partial charge is 0.255 e. The van der Waals surface area contributed by atoms with Crippen LogP contribution in [-0.4, -0.2) is 54.7 Å². The first-order valence-electron chi connectivity index (χ1n) is 9.97. The van der Waals surface area contributed by atoms with Crippen molar-refractivity contribution in [3.8, 4) is 6.07 Å². The van der Waals surface area contributed by atoms with Crippen LogP contribution in [-0.2, 0) is 10.0 Å². The van der Waals surface area contributed by atoms with Crippen molar-refractivity contribution in [3.05, 3.63) is 70.9 Å². The molecule has 0 bridgehead atoms. The molecular formula is C23H22N4O3S. The molecule has 158 valence electrons. The van der Waals surface area contributed by atoms with E-state index in [1.807, 2.05) is 44.2 Å². The summed E-state index contributed by atoms with van der Waals surface area (Å²) in [7, 11) is -3.67. The van der Waals surface area contributed by atoms with Gasteiger partial charge in [-0.2, -0.15) is 9.57 Å². The van der Waals surface area contributed by atoms with Gasteiger partial charge in [0.1, 0.15) is 0 Å². The number of rotatable bonds is 3. The summed E-state index contributed by atoms with van der Waals surface area (Å²) in [6.45, 7) is 4.85. The van der Waals surface area contributed by atoms with Crippen molar-refractivity contribution in [2.24, 2.45) is 0 Å². The molecule has 0 radical (unpaired) electrons. The first kappa shape index (κ1) is 21.0. The van der Waals surface area contributed by atoms with Crippen LogP contribution in [0.1, 0.15) is 27.2 Å².